The molecule has 21 nitrogen and oxygen atoms in total. The molecule has 0 spiro atoms. The zero-order chi connectivity index (χ0) is 74.3. The van der Waals surface area contributed by atoms with Crippen LogP contribution >= 0.6 is 0 Å². The Morgan fingerprint density at radius 2 is 1.39 bits per heavy atom. The number of likely N-dealkylation sites (tertiary alicyclic amines) is 2. The minimum atomic E-state index is -4.69. The number of unbranched alkanes of at least 4 members (excludes halogenated alkanes) is 2. The van der Waals surface area contributed by atoms with Gasteiger partial charge in [0.05, 0.1) is 62.1 Å². The molecule has 2 aromatic carbocycles. The second kappa shape index (κ2) is 40.6. The maximum absolute atomic E-state index is 14.9. The summed E-state index contributed by atoms with van der Waals surface area (Å²) in [4.78, 5) is 133. The zero-order valence-corrected chi connectivity index (χ0v) is 62.2. The molecule has 6 amide bonds. The monoisotopic (exact) mass is 1410 g/mol. The van der Waals surface area contributed by atoms with Gasteiger partial charge in [-0.2, -0.15) is 13.2 Å². The molecule has 0 radical (unpaired) electrons. The van der Waals surface area contributed by atoms with Crippen molar-refractivity contribution in [1.29, 1.82) is 0 Å². The van der Waals surface area contributed by atoms with Crippen LogP contribution in [-0.2, 0) is 63.9 Å². The normalized spacial score (nSPS) is 19.9. The summed E-state index contributed by atoms with van der Waals surface area (Å²) in [5, 5.41) is 16.6. The van der Waals surface area contributed by atoms with Gasteiger partial charge in [0.1, 0.15) is 18.4 Å². The Bertz CT molecular complexity index is 2950. The fraction of sp³-hybridized carbons (Fsp3) is 0.724. The van der Waals surface area contributed by atoms with E-state index in [9.17, 15) is 61.4 Å². The van der Waals surface area contributed by atoms with E-state index in [4.69, 9.17) is 18.9 Å². The van der Waals surface area contributed by atoms with E-state index in [1.165, 1.54) is 24.0 Å². The van der Waals surface area contributed by atoms with Crippen LogP contribution < -0.4 is 10.6 Å². The maximum Gasteiger partial charge on any atom is 0.410 e. The van der Waals surface area contributed by atoms with E-state index in [0.29, 0.717) is 89.2 Å². The first kappa shape index (κ1) is 84.5. The SMILES string of the molecule is CCC(C)C(C(CC(=O)N1CCCC1C(OC)C(C)C(=O)CC(C)C(O)c1ccccc1)OC)N(C)C(=O)C(CC(=O)C(C(C)C)N(C)C(=O)OCc1ccc(NC(=O)C(CCCN2CCOCC2)CC(=O)C(NC(CCCCCN2C(=O)CC(C)C2=O)C(F)(F)F)C(C)C)cc1)C(C)C. The molecule has 0 aromatic heterocycles. The van der Waals surface area contributed by atoms with Crippen LogP contribution in [0.2, 0.25) is 0 Å². The molecule has 5 rings (SSSR count). The van der Waals surface area contributed by atoms with Crippen LogP contribution in [-0.4, -0.2) is 205 Å². The van der Waals surface area contributed by atoms with Gasteiger partial charge in [0, 0.05) is 110 Å². The van der Waals surface area contributed by atoms with Crippen molar-refractivity contribution in [3.8, 4) is 0 Å². The number of carbonyl (C=O) groups excluding carboxylic acids is 9. The van der Waals surface area contributed by atoms with Crippen LogP contribution in [0.15, 0.2) is 54.6 Å². The summed E-state index contributed by atoms with van der Waals surface area (Å²) in [5.74, 6) is -6.93. The lowest BCUT2D eigenvalue weighted by atomic mass is 9.83. The van der Waals surface area contributed by atoms with Crippen molar-refractivity contribution in [3.63, 3.8) is 0 Å². The fourth-order valence-corrected chi connectivity index (χ4v) is 14.6. The van der Waals surface area contributed by atoms with Gasteiger partial charge in [0.25, 0.3) is 0 Å². The summed E-state index contributed by atoms with van der Waals surface area (Å²) in [7, 11) is 6.23. The number of alkyl halides is 3. The number of nitrogens with zero attached hydrogens (tertiary/aromatic N) is 5. The van der Waals surface area contributed by atoms with Gasteiger partial charge < -0.3 is 44.1 Å². The van der Waals surface area contributed by atoms with E-state index in [0.717, 1.165) is 5.56 Å². The molecule has 14 atom stereocenters. The lowest BCUT2D eigenvalue weighted by molar-refractivity contribution is -0.161. The number of aliphatic hydroxyl groups is 1. The van der Waals surface area contributed by atoms with Crippen LogP contribution in [0.1, 0.15) is 183 Å². The minimum Gasteiger partial charge on any atom is -0.445 e. The summed E-state index contributed by atoms with van der Waals surface area (Å²) < 4.78 is 67.3. The summed E-state index contributed by atoms with van der Waals surface area (Å²) in [5.41, 5.74) is 1.65. The molecule has 3 aliphatic rings. The smallest absolute Gasteiger partial charge is 0.410 e. The second-order valence-electron chi connectivity index (χ2n) is 29.4. The van der Waals surface area contributed by atoms with E-state index in [1.807, 2.05) is 71.9 Å². The van der Waals surface area contributed by atoms with Gasteiger partial charge in [-0.1, -0.05) is 138 Å². The highest BCUT2D eigenvalue weighted by Gasteiger charge is 2.46. The van der Waals surface area contributed by atoms with Crippen molar-refractivity contribution in [3.05, 3.63) is 65.7 Å². The first-order valence-corrected chi connectivity index (χ1v) is 36.5. The number of ketones is 3. The molecule has 0 aliphatic carbocycles. The number of aliphatic hydroxyl groups excluding tert-OH is 1. The number of ether oxygens (including phenoxy) is 4. The number of hydrogen-bond donors (Lipinski definition) is 3. The minimum absolute atomic E-state index is 0.0609. The van der Waals surface area contributed by atoms with Crippen molar-refractivity contribution >= 4 is 58.7 Å². The fourth-order valence-electron chi connectivity index (χ4n) is 14.6. The number of Topliss-reactive ketones (excluding diaryl/α,β-unsaturated/α-hetero) is 3. The lowest BCUT2D eigenvalue weighted by Gasteiger charge is -2.41. The van der Waals surface area contributed by atoms with Gasteiger partial charge in [0.15, 0.2) is 11.6 Å². The number of rotatable bonds is 42. The number of nitrogens with one attached hydrogen (secondary N) is 2. The van der Waals surface area contributed by atoms with Gasteiger partial charge in [-0.3, -0.25) is 53.5 Å². The van der Waals surface area contributed by atoms with Crippen LogP contribution in [0.5, 0.6) is 0 Å². The molecule has 0 saturated carbocycles. The Hall–Kier alpha value is -6.18. The molecule has 3 aliphatic heterocycles. The topological polar surface area (TPSA) is 251 Å². The Morgan fingerprint density at radius 3 is 1.96 bits per heavy atom. The van der Waals surface area contributed by atoms with Crippen LogP contribution in [0.4, 0.5) is 23.7 Å². The summed E-state index contributed by atoms with van der Waals surface area (Å²) in [6.07, 6.45) is -4.68. The van der Waals surface area contributed by atoms with Gasteiger partial charge in [-0.05, 0) is 97.9 Å². The average molecular weight is 1410 g/mol. The lowest BCUT2D eigenvalue weighted by Crippen LogP contribution is -2.54. The molecule has 2 aromatic rings. The number of benzene rings is 2. The van der Waals surface area contributed by atoms with Gasteiger partial charge in [-0.25, -0.2) is 4.79 Å². The van der Waals surface area contributed by atoms with Crippen molar-refractivity contribution in [2.45, 2.75) is 227 Å². The van der Waals surface area contributed by atoms with Crippen LogP contribution in [0.3, 0.4) is 0 Å². The number of morpholine rings is 1. The third-order valence-electron chi connectivity index (χ3n) is 20.9. The standard InChI is InChI=1S/C76H118F3N7O14/c1-16-50(8)69(63(97-14)45-66(91)85-36-24-28-59(85)71(98-15)53(11)60(87)41-51(9)70(92)55-25-19-17-20-26-55)82(12)74(95)58(47(2)3)44-62(89)68(49(6)7)83(13)75(96)100-46-54-30-32-57(33-31-54)80-72(93)56(27-23-34-84-37-39-99-40-38-84)43-61(88)67(48(4)5)81-64(76(77,78)79)29-21-18-22-35-86-65(90)42-52(10)73(86)94/h17,19-20,25-26,30-33,47-53,56,58-59,63-64,67-71,81,92H,16,18,21-24,27-29,34-46H2,1-15H3,(H,80,93). The number of likely N-dealkylation sites (N-methyl/N-ethyl adjacent to an activating group) is 2. The maximum atomic E-state index is 14.9. The highest BCUT2D eigenvalue weighted by molar-refractivity contribution is 6.03. The summed E-state index contributed by atoms with van der Waals surface area (Å²) in [6.45, 7) is 23.5. The number of methoxy groups -OCH3 is 2. The number of carbonyl (C=O) groups is 9. The average Bonchev–Trinajstić information content (AvgIpc) is 1.13. The van der Waals surface area contributed by atoms with E-state index < -0.39 is 108 Å². The van der Waals surface area contributed by atoms with Crippen LogP contribution in [0, 0.1) is 53.3 Å². The Kier molecular flexibility index (Phi) is 34.3. The molecule has 14 unspecified atom stereocenters. The first-order chi connectivity index (χ1) is 47.3. The summed E-state index contributed by atoms with van der Waals surface area (Å²) in [6, 6.07) is 10.6. The Balaban J connectivity index is 1.20. The third kappa shape index (κ3) is 24.2. The van der Waals surface area contributed by atoms with Crippen molar-refractivity contribution in [2.24, 2.45) is 53.3 Å². The van der Waals surface area contributed by atoms with Crippen molar-refractivity contribution in [1.82, 2.24) is 29.8 Å². The molecule has 3 saturated heterocycles. The predicted molar refractivity (Wildman–Crippen MR) is 376 cm³/mol. The summed E-state index contributed by atoms with van der Waals surface area (Å²) >= 11 is 0. The third-order valence-corrected chi connectivity index (χ3v) is 20.9. The van der Waals surface area contributed by atoms with E-state index in [-0.39, 0.29) is 117 Å². The van der Waals surface area contributed by atoms with E-state index >= 15 is 0 Å². The van der Waals surface area contributed by atoms with Gasteiger partial charge in [0.2, 0.25) is 29.5 Å². The van der Waals surface area contributed by atoms with Gasteiger partial charge >= 0.3 is 12.3 Å². The van der Waals surface area contributed by atoms with Gasteiger partial charge in [-0.15, -0.1) is 0 Å². The van der Waals surface area contributed by atoms with E-state index in [1.54, 1.807) is 82.8 Å². The van der Waals surface area contributed by atoms with Crippen LogP contribution in [0.25, 0.3) is 0 Å². The largest absolute Gasteiger partial charge is 0.445 e. The van der Waals surface area contributed by atoms with Crippen molar-refractivity contribution < 1.29 is 80.4 Å². The molecule has 3 heterocycles. The Morgan fingerprint density at radius 1 is 0.730 bits per heavy atom. The quantitative estimate of drug-likeness (QED) is 0.0413. The molecule has 100 heavy (non-hydrogen) atoms. The zero-order valence-electron chi connectivity index (χ0n) is 62.2. The highest BCUT2D eigenvalue weighted by Crippen LogP contribution is 2.35. The molecule has 3 fully saturated rings. The highest BCUT2D eigenvalue weighted by atomic mass is 19.4. The second-order valence-corrected chi connectivity index (χ2v) is 29.4. The number of amides is 6. The number of halogens is 3. The van der Waals surface area contributed by atoms with Crippen molar-refractivity contribution in [2.75, 3.05) is 79.6 Å². The molecule has 24 heteroatoms. The molecule has 0 bridgehead atoms. The Labute approximate surface area is 592 Å². The number of imide groups is 1. The number of anilines is 1. The number of hydrogen-bond acceptors (Lipinski definition) is 16. The molecular formula is C76H118F3N7O14. The molecule has 3 N–H and O–H groups in total. The first-order valence-electron chi connectivity index (χ1n) is 36.5. The molecular weight excluding hydrogens is 1290 g/mol. The van der Waals surface area contributed by atoms with E-state index in [2.05, 4.69) is 15.5 Å². The predicted octanol–water partition coefficient (Wildman–Crippen LogP) is 10.9. The molecule has 562 valence electrons.